The van der Waals surface area contributed by atoms with Gasteiger partial charge in [-0.05, 0) is 27.6 Å². The number of hydrogen-bond donors (Lipinski definition) is 1. The molecule has 0 fully saturated rings. The summed E-state index contributed by atoms with van der Waals surface area (Å²) >= 11 is 3.08. The van der Waals surface area contributed by atoms with E-state index in [2.05, 4.69) is 25.7 Å². The van der Waals surface area contributed by atoms with Crippen LogP contribution in [0.2, 0.25) is 0 Å². The summed E-state index contributed by atoms with van der Waals surface area (Å²) in [5, 5.41) is 20.1. The predicted octanol–water partition coefficient (Wildman–Crippen LogP) is 3.03. The van der Waals surface area contributed by atoms with Gasteiger partial charge in [-0.25, -0.2) is 0 Å². The van der Waals surface area contributed by atoms with Gasteiger partial charge in [0.15, 0.2) is 0 Å². The molecule has 0 spiro atoms. The second-order valence-electron chi connectivity index (χ2n) is 5.08. The van der Waals surface area contributed by atoms with Crippen molar-refractivity contribution < 1.29 is 32.7 Å². The summed E-state index contributed by atoms with van der Waals surface area (Å²) in [5.41, 5.74) is 0.564. The topological polar surface area (TPSA) is 99.7 Å². The lowest BCUT2D eigenvalue weighted by molar-refractivity contribution is -0.389. The Bertz CT molecular complexity index is 751. The zero-order valence-electron chi connectivity index (χ0n) is 13.0. The van der Waals surface area contributed by atoms with Gasteiger partial charge in [-0.3, -0.25) is 4.57 Å². The molecule has 0 saturated heterocycles. The number of benzene rings is 1. The number of imidazole rings is 1. The Morgan fingerprint density at radius 1 is 1.35 bits per heavy atom. The summed E-state index contributed by atoms with van der Waals surface area (Å²) in [7, 11) is 0. The standard InChI is InChI=1S/C14H13BrF3N3O5/c15-13-19-12(21(23)24)6-20(13)5-11(7-22)25-8-9-1-3-10(4-2-9)26-14(16,17)18/h1-4,6,11,22H,5,7-8H2/t11-/m0/s1. The highest BCUT2D eigenvalue weighted by atomic mass is 79.9. The van der Waals surface area contributed by atoms with Crippen LogP contribution in [0.1, 0.15) is 5.56 Å². The largest absolute Gasteiger partial charge is 0.573 e. The van der Waals surface area contributed by atoms with E-state index in [1.807, 2.05) is 0 Å². The van der Waals surface area contributed by atoms with Crippen LogP contribution in [0.5, 0.6) is 5.75 Å². The minimum Gasteiger partial charge on any atom is -0.406 e. The zero-order valence-corrected chi connectivity index (χ0v) is 14.6. The number of aliphatic hydroxyl groups is 1. The predicted molar refractivity (Wildman–Crippen MR) is 85.4 cm³/mol. The Kier molecular flexibility index (Phi) is 6.56. The van der Waals surface area contributed by atoms with Crippen LogP contribution in [-0.4, -0.2) is 38.7 Å². The van der Waals surface area contributed by atoms with Crippen molar-refractivity contribution in [3.63, 3.8) is 0 Å². The number of rotatable bonds is 8. The third-order valence-electron chi connectivity index (χ3n) is 3.15. The molecule has 0 aliphatic heterocycles. The van der Waals surface area contributed by atoms with Crippen LogP contribution in [0.15, 0.2) is 35.2 Å². The highest BCUT2D eigenvalue weighted by Gasteiger charge is 2.31. The fourth-order valence-corrected chi connectivity index (χ4v) is 2.41. The monoisotopic (exact) mass is 439 g/mol. The number of nitrogens with zero attached hydrogens (tertiary/aromatic N) is 3. The van der Waals surface area contributed by atoms with E-state index >= 15 is 0 Å². The van der Waals surface area contributed by atoms with Crippen LogP contribution < -0.4 is 4.74 Å². The molecule has 1 aromatic heterocycles. The van der Waals surface area contributed by atoms with E-state index in [9.17, 15) is 28.4 Å². The average molecular weight is 440 g/mol. The second kappa shape index (κ2) is 8.47. The van der Waals surface area contributed by atoms with Crippen molar-refractivity contribution in [2.24, 2.45) is 0 Å². The van der Waals surface area contributed by atoms with Crippen molar-refractivity contribution in [1.29, 1.82) is 0 Å². The zero-order chi connectivity index (χ0) is 19.3. The Morgan fingerprint density at radius 3 is 2.50 bits per heavy atom. The Morgan fingerprint density at radius 2 is 2.00 bits per heavy atom. The number of halogens is 4. The van der Waals surface area contributed by atoms with Gasteiger partial charge in [-0.2, -0.15) is 0 Å². The van der Waals surface area contributed by atoms with Crippen molar-refractivity contribution in [1.82, 2.24) is 9.55 Å². The lowest BCUT2D eigenvalue weighted by Gasteiger charge is -2.16. The van der Waals surface area contributed by atoms with E-state index < -0.39 is 17.4 Å². The fourth-order valence-electron chi connectivity index (χ4n) is 1.98. The summed E-state index contributed by atoms with van der Waals surface area (Å²) in [6, 6.07) is 5.09. The Hall–Kier alpha value is -2.18. The SMILES string of the molecule is O=[N+]([O-])c1cn(C[C@@H](CO)OCc2ccc(OC(F)(F)F)cc2)c(Br)n1. The summed E-state index contributed by atoms with van der Waals surface area (Å²) in [6.45, 7) is -0.257. The van der Waals surface area contributed by atoms with Crippen LogP contribution >= 0.6 is 15.9 Å². The molecule has 8 nitrogen and oxygen atoms in total. The van der Waals surface area contributed by atoms with Gasteiger partial charge in [0.05, 0.1) is 25.9 Å². The van der Waals surface area contributed by atoms with E-state index in [4.69, 9.17) is 4.74 Å². The smallest absolute Gasteiger partial charge is 0.406 e. The van der Waals surface area contributed by atoms with Gasteiger partial charge in [-0.1, -0.05) is 12.1 Å². The highest BCUT2D eigenvalue weighted by Crippen LogP contribution is 2.23. The number of ether oxygens (including phenoxy) is 2. The molecule has 0 radical (unpaired) electrons. The lowest BCUT2D eigenvalue weighted by Crippen LogP contribution is -2.24. The molecule has 0 amide bonds. The molecule has 26 heavy (non-hydrogen) atoms. The average Bonchev–Trinajstić information content (AvgIpc) is 2.92. The summed E-state index contributed by atoms with van der Waals surface area (Å²) in [4.78, 5) is 13.7. The van der Waals surface area contributed by atoms with Crippen LogP contribution in [0.3, 0.4) is 0 Å². The molecule has 142 valence electrons. The van der Waals surface area contributed by atoms with Gasteiger partial charge < -0.3 is 24.7 Å². The molecule has 1 N–H and O–H groups in total. The molecule has 0 saturated carbocycles. The number of alkyl halides is 3. The highest BCUT2D eigenvalue weighted by molar-refractivity contribution is 9.10. The number of hydrogen-bond acceptors (Lipinski definition) is 6. The van der Waals surface area contributed by atoms with Gasteiger partial charge in [-0.15, -0.1) is 13.2 Å². The third-order valence-corrected chi connectivity index (χ3v) is 3.78. The quantitative estimate of drug-likeness (QED) is 0.501. The summed E-state index contributed by atoms with van der Waals surface area (Å²) < 4.78 is 47.2. The molecular formula is C14H13BrF3N3O5. The van der Waals surface area contributed by atoms with Crippen molar-refractivity contribution in [3.05, 3.63) is 50.9 Å². The normalized spacial score (nSPS) is 12.8. The summed E-state index contributed by atoms with van der Waals surface area (Å²) in [5.74, 6) is -0.705. The number of aromatic nitrogens is 2. The van der Waals surface area contributed by atoms with Gasteiger partial charge in [0.2, 0.25) is 0 Å². The molecule has 2 aromatic rings. The molecule has 1 atom stereocenters. The van der Waals surface area contributed by atoms with E-state index in [-0.39, 0.29) is 36.1 Å². The first-order chi connectivity index (χ1) is 12.2. The maximum absolute atomic E-state index is 12.1. The van der Waals surface area contributed by atoms with Gasteiger partial charge in [0.25, 0.3) is 4.73 Å². The maximum Gasteiger partial charge on any atom is 0.573 e. The molecule has 12 heteroatoms. The number of aliphatic hydroxyl groups excluding tert-OH is 1. The van der Waals surface area contributed by atoms with Crippen LogP contribution in [-0.2, 0) is 17.9 Å². The van der Waals surface area contributed by atoms with Crippen molar-refractivity contribution in [2.45, 2.75) is 25.6 Å². The molecule has 0 bridgehead atoms. The van der Waals surface area contributed by atoms with Crippen LogP contribution in [0.25, 0.3) is 0 Å². The third kappa shape index (κ3) is 5.97. The van der Waals surface area contributed by atoms with E-state index in [0.29, 0.717) is 5.56 Å². The molecular weight excluding hydrogens is 427 g/mol. The lowest BCUT2D eigenvalue weighted by atomic mass is 10.2. The fraction of sp³-hybridized carbons (Fsp3) is 0.357. The summed E-state index contributed by atoms with van der Waals surface area (Å²) in [6.07, 6.45) is -4.27. The van der Waals surface area contributed by atoms with Gasteiger partial charge in [0.1, 0.15) is 11.9 Å². The molecule has 0 aliphatic carbocycles. The molecule has 0 unspecified atom stereocenters. The van der Waals surface area contributed by atoms with Crippen LogP contribution in [0.4, 0.5) is 19.0 Å². The Labute approximate surface area is 153 Å². The molecule has 1 aromatic carbocycles. The number of nitro groups is 1. The minimum atomic E-state index is -4.76. The van der Waals surface area contributed by atoms with E-state index in [1.165, 1.54) is 22.9 Å². The van der Waals surface area contributed by atoms with Gasteiger partial charge in [0, 0.05) is 15.9 Å². The first-order valence-corrected chi connectivity index (χ1v) is 7.91. The second-order valence-corrected chi connectivity index (χ2v) is 5.79. The van der Waals surface area contributed by atoms with Crippen molar-refractivity contribution >= 4 is 21.7 Å². The first kappa shape index (κ1) is 20.1. The Balaban J connectivity index is 1.93. The molecule has 2 rings (SSSR count). The first-order valence-electron chi connectivity index (χ1n) is 7.12. The van der Waals surface area contributed by atoms with E-state index in [0.717, 1.165) is 12.1 Å². The van der Waals surface area contributed by atoms with Crippen LogP contribution in [0, 0.1) is 10.1 Å². The minimum absolute atomic E-state index is 0.0198. The maximum atomic E-state index is 12.1. The molecule has 0 aliphatic rings. The van der Waals surface area contributed by atoms with E-state index in [1.54, 1.807) is 0 Å². The van der Waals surface area contributed by atoms with Gasteiger partial charge >= 0.3 is 12.2 Å². The molecule has 1 heterocycles. The van der Waals surface area contributed by atoms with Crippen molar-refractivity contribution in [2.75, 3.05) is 6.61 Å². The van der Waals surface area contributed by atoms with Crippen molar-refractivity contribution in [3.8, 4) is 5.75 Å².